The van der Waals surface area contributed by atoms with E-state index < -0.39 is 17.4 Å². The normalized spacial score (nSPS) is 13.7. The fourth-order valence-electron chi connectivity index (χ4n) is 3.28. The highest BCUT2D eigenvalue weighted by atomic mass is 16.6. The van der Waals surface area contributed by atoms with E-state index in [1.165, 1.54) is 18.2 Å². The van der Waals surface area contributed by atoms with Crippen LogP contribution in [0, 0.1) is 10.1 Å². The summed E-state index contributed by atoms with van der Waals surface area (Å²) in [6, 6.07) is 12.7. The molecule has 1 fully saturated rings. The van der Waals surface area contributed by atoms with Gasteiger partial charge in [-0.15, -0.1) is 0 Å². The molecule has 31 heavy (non-hydrogen) atoms. The van der Waals surface area contributed by atoms with Gasteiger partial charge in [0.2, 0.25) is 5.76 Å². The standard InChI is InChI=1S/C21H19N3O7/c25-18(13-30-17-8-4-2-6-15(17)24(27)28)22-19-14-5-1-3-7-16(14)31-20(19)21(26)23-9-11-29-12-10-23/h1-8H,9-13H2,(H,22,25). The lowest BCUT2D eigenvalue weighted by Crippen LogP contribution is -2.40. The van der Waals surface area contributed by atoms with Crippen molar-refractivity contribution in [1.29, 1.82) is 0 Å². The highest BCUT2D eigenvalue weighted by molar-refractivity contribution is 6.11. The summed E-state index contributed by atoms with van der Waals surface area (Å²) in [4.78, 5) is 37.7. The van der Waals surface area contributed by atoms with Crippen molar-refractivity contribution >= 4 is 34.2 Å². The number of furan rings is 1. The molecule has 0 unspecified atom stereocenters. The Morgan fingerprint density at radius 1 is 1.10 bits per heavy atom. The van der Waals surface area contributed by atoms with E-state index in [-0.39, 0.29) is 28.8 Å². The summed E-state index contributed by atoms with van der Waals surface area (Å²) in [5.41, 5.74) is 0.449. The monoisotopic (exact) mass is 425 g/mol. The summed E-state index contributed by atoms with van der Waals surface area (Å²) in [7, 11) is 0. The quantitative estimate of drug-likeness (QED) is 0.476. The van der Waals surface area contributed by atoms with Gasteiger partial charge >= 0.3 is 5.69 Å². The fraction of sp³-hybridized carbons (Fsp3) is 0.238. The minimum atomic E-state index is -0.587. The maximum atomic E-state index is 13.0. The van der Waals surface area contributed by atoms with Gasteiger partial charge in [0, 0.05) is 24.5 Å². The lowest BCUT2D eigenvalue weighted by molar-refractivity contribution is -0.385. The average molecular weight is 425 g/mol. The molecule has 1 aliphatic heterocycles. The van der Waals surface area contributed by atoms with Gasteiger partial charge in [0.05, 0.1) is 18.1 Å². The number of amides is 2. The molecule has 0 aliphatic carbocycles. The molecule has 1 saturated heterocycles. The van der Waals surface area contributed by atoms with E-state index >= 15 is 0 Å². The van der Waals surface area contributed by atoms with Gasteiger partial charge in [0.25, 0.3) is 11.8 Å². The number of ether oxygens (including phenoxy) is 2. The molecule has 1 aliphatic rings. The number of para-hydroxylation sites is 3. The summed E-state index contributed by atoms with van der Waals surface area (Å²) in [5, 5.41) is 14.3. The number of hydrogen-bond acceptors (Lipinski definition) is 7. The Labute approximate surface area is 176 Å². The van der Waals surface area contributed by atoms with Gasteiger partial charge in [0.1, 0.15) is 11.3 Å². The predicted octanol–water partition coefficient (Wildman–Crippen LogP) is 2.83. The molecule has 0 spiro atoms. The van der Waals surface area contributed by atoms with E-state index in [1.807, 2.05) is 0 Å². The number of carbonyl (C=O) groups excluding carboxylic acids is 2. The maximum absolute atomic E-state index is 13.0. The third-order valence-corrected chi connectivity index (χ3v) is 4.77. The van der Waals surface area contributed by atoms with Crippen molar-refractivity contribution < 1.29 is 28.4 Å². The van der Waals surface area contributed by atoms with Gasteiger partial charge in [-0.1, -0.05) is 24.3 Å². The molecule has 0 bridgehead atoms. The Hall–Kier alpha value is -3.92. The number of fused-ring (bicyclic) bond motifs is 1. The molecule has 1 N–H and O–H groups in total. The summed E-state index contributed by atoms with van der Waals surface area (Å²) in [6.45, 7) is 1.22. The van der Waals surface area contributed by atoms with E-state index in [2.05, 4.69) is 5.32 Å². The number of anilines is 1. The smallest absolute Gasteiger partial charge is 0.310 e. The van der Waals surface area contributed by atoms with Crippen LogP contribution < -0.4 is 10.1 Å². The topological polar surface area (TPSA) is 124 Å². The molecule has 10 heteroatoms. The first kappa shape index (κ1) is 20.4. The van der Waals surface area contributed by atoms with Crippen molar-refractivity contribution in [2.45, 2.75) is 0 Å². The third kappa shape index (κ3) is 4.33. The van der Waals surface area contributed by atoms with E-state index in [0.29, 0.717) is 37.3 Å². The number of morpholine rings is 1. The molecule has 1 aromatic heterocycles. The Kier molecular flexibility index (Phi) is 5.80. The maximum Gasteiger partial charge on any atom is 0.310 e. The Morgan fingerprint density at radius 3 is 2.58 bits per heavy atom. The van der Waals surface area contributed by atoms with Crippen LogP contribution in [0.3, 0.4) is 0 Å². The average Bonchev–Trinajstić information content (AvgIpc) is 3.16. The lowest BCUT2D eigenvalue weighted by Gasteiger charge is -2.26. The largest absolute Gasteiger partial charge is 0.477 e. The summed E-state index contributed by atoms with van der Waals surface area (Å²) >= 11 is 0. The first-order valence-electron chi connectivity index (χ1n) is 9.59. The summed E-state index contributed by atoms with van der Waals surface area (Å²) in [5.74, 6) is -0.943. The van der Waals surface area contributed by atoms with Crippen LogP contribution in [0.25, 0.3) is 11.0 Å². The van der Waals surface area contributed by atoms with Gasteiger partial charge in [0.15, 0.2) is 12.4 Å². The van der Waals surface area contributed by atoms with Gasteiger partial charge in [-0.2, -0.15) is 0 Å². The molecule has 2 heterocycles. The minimum absolute atomic E-state index is 0.0159. The van der Waals surface area contributed by atoms with Crippen molar-refractivity contribution in [1.82, 2.24) is 4.90 Å². The molecule has 2 aromatic carbocycles. The van der Waals surface area contributed by atoms with Crippen LogP contribution in [0.2, 0.25) is 0 Å². The first-order chi connectivity index (χ1) is 15.0. The minimum Gasteiger partial charge on any atom is -0.477 e. The number of benzene rings is 2. The molecule has 0 saturated carbocycles. The molecule has 4 rings (SSSR count). The Morgan fingerprint density at radius 2 is 1.81 bits per heavy atom. The Bertz CT molecular complexity index is 1130. The summed E-state index contributed by atoms with van der Waals surface area (Å²) in [6.07, 6.45) is 0. The van der Waals surface area contributed by atoms with Gasteiger partial charge in [-0.3, -0.25) is 19.7 Å². The highest BCUT2D eigenvalue weighted by Crippen LogP contribution is 2.32. The van der Waals surface area contributed by atoms with Crippen LogP contribution in [-0.2, 0) is 9.53 Å². The molecular formula is C21H19N3O7. The predicted molar refractivity (Wildman–Crippen MR) is 110 cm³/mol. The van der Waals surface area contributed by atoms with Crippen LogP contribution in [0.4, 0.5) is 11.4 Å². The second-order valence-electron chi connectivity index (χ2n) is 6.77. The second kappa shape index (κ2) is 8.84. The van der Waals surface area contributed by atoms with E-state index in [1.54, 1.807) is 35.2 Å². The third-order valence-electron chi connectivity index (χ3n) is 4.77. The molecular weight excluding hydrogens is 406 g/mol. The van der Waals surface area contributed by atoms with Crippen LogP contribution >= 0.6 is 0 Å². The van der Waals surface area contributed by atoms with Crippen molar-refractivity contribution in [3.63, 3.8) is 0 Å². The van der Waals surface area contributed by atoms with Crippen LogP contribution in [0.1, 0.15) is 10.6 Å². The molecule has 3 aromatic rings. The number of nitrogens with one attached hydrogen (secondary N) is 1. The molecule has 0 atom stereocenters. The zero-order valence-electron chi connectivity index (χ0n) is 16.4. The van der Waals surface area contributed by atoms with Crippen LogP contribution in [0.15, 0.2) is 52.9 Å². The van der Waals surface area contributed by atoms with Crippen molar-refractivity contribution in [2.24, 2.45) is 0 Å². The van der Waals surface area contributed by atoms with E-state index in [9.17, 15) is 19.7 Å². The van der Waals surface area contributed by atoms with Crippen molar-refractivity contribution in [2.75, 3.05) is 38.2 Å². The lowest BCUT2D eigenvalue weighted by atomic mass is 10.2. The number of rotatable bonds is 6. The van der Waals surface area contributed by atoms with Gasteiger partial charge < -0.3 is 24.1 Å². The second-order valence-corrected chi connectivity index (χ2v) is 6.77. The van der Waals surface area contributed by atoms with E-state index in [4.69, 9.17) is 13.9 Å². The highest BCUT2D eigenvalue weighted by Gasteiger charge is 2.27. The molecule has 2 amide bonds. The van der Waals surface area contributed by atoms with Crippen LogP contribution in [-0.4, -0.2) is 54.5 Å². The zero-order valence-corrected chi connectivity index (χ0v) is 16.4. The number of nitro benzene ring substituents is 1. The number of carbonyl (C=O) groups is 2. The van der Waals surface area contributed by atoms with Crippen LogP contribution in [0.5, 0.6) is 5.75 Å². The van der Waals surface area contributed by atoms with Crippen molar-refractivity contribution in [3.05, 3.63) is 64.4 Å². The number of hydrogen-bond donors (Lipinski definition) is 1. The number of nitrogens with zero attached hydrogens (tertiary/aromatic N) is 2. The van der Waals surface area contributed by atoms with Gasteiger partial charge in [-0.25, -0.2) is 0 Å². The summed E-state index contributed by atoms with van der Waals surface area (Å²) < 4.78 is 16.4. The molecule has 10 nitrogen and oxygen atoms in total. The van der Waals surface area contributed by atoms with Gasteiger partial charge in [-0.05, 0) is 18.2 Å². The molecule has 160 valence electrons. The molecule has 0 radical (unpaired) electrons. The fourth-order valence-corrected chi connectivity index (χ4v) is 3.28. The Balaban J connectivity index is 1.55. The number of nitro groups is 1. The van der Waals surface area contributed by atoms with Crippen molar-refractivity contribution in [3.8, 4) is 5.75 Å². The zero-order chi connectivity index (χ0) is 21.8. The van der Waals surface area contributed by atoms with E-state index in [0.717, 1.165) is 0 Å². The first-order valence-corrected chi connectivity index (χ1v) is 9.59. The SMILES string of the molecule is O=C(COc1ccccc1[N+](=O)[O-])Nc1c(C(=O)N2CCOCC2)oc2ccccc12.